The van der Waals surface area contributed by atoms with E-state index >= 15 is 0 Å². The summed E-state index contributed by atoms with van der Waals surface area (Å²) in [6.07, 6.45) is 0. The lowest BCUT2D eigenvalue weighted by Gasteiger charge is -2.04. The summed E-state index contributed by atoms with van der Waals surface area (Å²) in [5.41, 5.74) is 5.18. The fourth-order valence-corrected chi connectivity index (χ4v) is 6.07. The minimum absolute atomic E-state index is 0.917. The number of hydrogen-bond acceptors (Lipinski definition) is 3. The molecule has 8 aromatic rings. The van der Waals surface area contributed by atoms with Gasteiger partial charge in [-0.3, -0.25) is 4.57 Å². The molecule has 0 fully saturated rings. The summed E-state index contributed by atoms with van der Waals surface area (Å²) in [5, 5.41) is 8.11. The van der Waals surface area contributed by atoms with Crippen LogP contribution in [0.25, 0.3) is 69.9 Å². The third-order valence-electron chi connectivity index (χ3n) is 6.60. The Labute approximate surface area is 192 Å². The number of thiazole rings is 1. The van der Waals surface area contributed by atoms with E-state index < -0.39 is 0 Å². The van der Waals surface area contributed by atoms with Gasteiger partial charge < -0.3 is 4.42 Å². The van der Waals surface area contributed by atoms with Gasteiger partial charge in [0, 0.05) is 21.5 Å². The molecule has 0 aliphatic heterocycles. The second-order valence-corrected chi connectivity index (χ2v) is 9.49. The van der Waals surface area contributed by atoms with Crippen LogP contribution >= 0.6 is 11.3 Å². The molecule has 0 amide bonds. The minimum atomic E-state index is 0.917. The van der Waals surface area contributed by atoms with Gasteiger partial charge in [-0.25, -0.2) is 4.98 Å². The predicted molar refractivity (Wildman–Crippen MR) is 139 cm³/mol. The molecule has 0 spiro atoms. The van der Waals surface area contributed by atoms with Gasteiger partial charge in [0.05, 0.1) is 21.3 Å². The van der Waals surface area contributed by atoms with Crippen molar-refractivity contribution in [3.8, 4) is 5.13 Å². The Morgan fingerprint density at radius 2 is 1.33 bits per heavy atom. The van der Waals surface area contributed by atoms with Crippen LogP contribution < -0.4 is 0 Å². The Hall–Kier alpha value is -4.15. The standard InChI is InChI=1S/C29H16N2OS/c1-2-8-18-14-24-20(13-17(18)7-1)21-16-27-22(19-9-3-5-11-26(19)32-27)15-25(21)31(24)29-30-23-10-4-6-12-28(23)33-29/h1-16H. The lowest BCUT2D eigenvalue weighted by atomic mass is 10.1. The molecule has 0 bridgehead atoms. The molecule has 0 radical (unpaired) electrons. The normalized spacial score (nSPS) is 12.2. The van der Waals surface area contributed by atoms with Crippen molar-refractivity contribution in [3.05, 3.63) is 97.1 Å². The van der Waals surface area contributed by atoms with Crippen LogP contribution in [0, 0.1) is 0 Å². The van der Waals surface area contributed by atoms with Crippen molar-refractivity contribution in [2.45, 2.75) is 0 Å². The molecule has 0 atom stereocenters. The molecule has 0 N–H and O–H groups in total. The van der Waals surface area contributed by atoms with E-state index in [0.717, 1.165) is 38.1 Å². The lowest BCUT2D eigenvalue weighted by molar-refractivity contribution is 0.669. The zero-order chi connectivity index (χ0) is 21.5. The second kappa shape index (κ2) is 6.21. The Morgan fingerprint density at radius 1 is 0.606 bits per heavy atom. The van der Waals surface area contributed by atoms with Crippen LogP contribution in [0.3, 0.4) is 0 Å². The van der Waals surface area contributed by atoms with Gasteiger partial charge in [0.25, 0.3) is 0 Å². The number of aromatic nitrogens is 2. The van der Waals surface area contributed by atoms with Crippen LogP contribution in [-0.4, -0.2) is 9.55 Å². The first kappa shape index (κ1) is 17.4. The maximum atomic E-state index is 6.24. The fourth-order valence-electron chi connectivity index (χ4n) is 5.08. The zero-order valence-electron chi connectivity index (χ0n) is 17.4. The highest BCUT2D eigenvalue weighted by Crippen LogP contribution is 2.40. The van der Waals surface area contributed by atoms with Gasteiger partial charge in [-0.2, -0.15) is 0 Å². The third kappa shape index (κ3) is 2.36. The van der Waals surface area contributed by atoms with E-state index in [2.05, 4.69) is 83.4 Å². The average molecular weight is 441 g/mol. The first-order chi connectivity index (χ1) is 16.3. The molecule has 0 saturated carbocycles. The van der Waals surface area contributed by atoms with Crippen LogP contribution in [-0.2, 0) is 0 Å². The molecule has 3 aromatic heterocycles. The number of hydrogen-bond donors (Lipinski definition) is 0. The smallest absolute Gasteiger partial charge is 0.195 e. The SMILES string of the molecule is c1ccc2cc3c(cc2c1)c1cc2oc4ccccc4c2cc1n3-c1nc2ccccc2s1. The topological polar surface area (TPSA) is 31.0 Å². The monoisotopic (exact) mass is 440 g/mol. The first-order valence-electron chi connectivity index (χ1n) is 11.0. The van der Waals surface area contributed by atoms with E-state index in [0.29, 0.717) is 0 Å². The summed E-state index contributed by atoms with van der Waals surface area (Å²) in [6.45, 7) is 0. The van der Waals surface area contributed by atoms with Crippen molar-refractivity contribution in [3.63, 3.8) is 0 Å². The Kier molecular flexibility index (Phi) is 3.28. The quantitative estimate of drug-likeness (QED) is 0.256. The zero-order valence-corrected chi connectivity index (χ0v) is 18.3. The summed E-state index contributed by atoms with van der Waals surface area (Å²) < 4.78 is 9.75. The largest absolute Gasteiger partial charge is 0.456 e. The van der Waals surface area contributed by atoms with E-state index in [9.17, 15) is 0 Å². The van der Waals surface area contributed by atoms with Crippen LogP contribution in [0.5, 0.6) is 0 Å². The lowest BCUT2D eigenvalue weighted by Crippen LogP contribution is -1.92. The number of fused-ring (bicyclic) bond motifs is 8. The maximum absolute atomic E-state index is 6.24. The second-order valence-electron chi connectivity index (χ2n) is 8.48. The summed E-state index contributed by atoms with van der Waals surface area (Å²) in [6, 6.07) is 34.2. The molecule has 0 unspecified atom stereocenters. The van der Waals surface area contributed by atoms with Crippen molar-refractivity contribution in [2.24, 2.45) is 0 Å². The van der Waals surface area contributed by atoms with Crippen LogP contribution in [0.15, 0.2) is 101 Å². The number of rotatable bonds is 1. The average Bonchev–Trinajstić information content (AvgIpc) is 3.52. The van der Waals surface area contributed by atoms with Gasteiger partial charge in [0.1, 0.15) is 11.2 Å². The molecule has 33 heavy (non-hydrogen) atoms. The minimum Gasteiger partial charge on any atom is -0.456 e. The Balaban J connectivity index is 1.60. The third-order valence-corrected chi connectivity index (χ3v) is 7.63. The molecule has 4 heteroatoms. The highest BCUT2D eigenvalue weighted by Gasteiger charge is 2.19. The van der Waals surface area contributed by atoms with E-state index in [4.69, 9.17) is 9.40 Å². The van der Waals surface area contributed by atoms with Crippen LogP contribution in [0.4, 0.5) is 0 Å². The van der Waals surface area contributed by atoms with Gasteiger partial charge in [0.2, 0.25) is 0 Å². The number of furan rings is 1. The Morgan fingerprint density at radius 3 is 2.24 bits per heavy atom. The number of para-hydroxylation sites is 2. The highest BCUT2D eigenvalue weighted by molar-refractivity contribution is 7.20. The van der Waals surface area contributed by atoms with Crippen molar-refractivity contribution in [1.29, 1.82) is 0 Å². The predicted octanol–water partition coefficient (Wildman–Crippen LogP) is 8.45. The summed E-state index contributed by atoms with van der Waals surface area (Å²) in [7, 11) is 0. The van der Waals surface area contributed by atoms with Crippen molar-refractivity contribution in [2.75, 3.05) is 0 Å². The first-order valence-corrected chi connectivity index (χ1v) is 11.8. The molecular formula is C29H16N2OS. The van der Waals surface area contributed by atoms with Crippen molar-refractivity contribution in [1.82, 2.24) is 9.55 Å². The van der Waals surface area contributed by atoms with E-state index in [-0.39, 0.29) is 0 Å². The van der Waals surface area contributed by atoms with E-state index in [1.165, 1.54) is 31.8 Å². The Bertz CT molecular complexity index is 2010. The molecule has 3 heterocycles. The van der Waals surface area contributed by atoms with Crippen LogP contribution in [0.1, 0.15) is 0 Å². The molecular weight excluding hydrogens is 424 g/mol. The number of benzene rings is 5. The van der Waals surface area contributed by atoms with Gasteiger partial charge in [-0.1, -0.05) is 65.9 Å². The summed E-state index contributed by atoms with van der Waals surface area (Å²) in [5.74, 6) is 0. The van der Waals surface area contributed by atoms with Crippen molar-refractivity contribution >= 4 is 76.1 Å². The van der Waals surface area contributed by atoms with E-state index in [1.807, 2.05) is 18.2 Å². The fraction of sp³-hybridized carbons (Fsp3) is 0. The maximum Gasteiger partial charge on any atom is 0.195 e. The van der Waals surface area contributed by atoms with E-state index in [1.54, 1.807) is 11.3 Å². The molecule has 0 aliphatic carbocycles. The highest BCUT2D eigenvalue weighted by atomic mass is 32.1. The molecule has 5 aromatic carbocycles. The van der Waals surface area contributed by atoms with Crippen molar-refractivity contribution < 1.29 is 4.42 Å². The molecule has 8 rings (SSSR count). The summed E-state index contributed by atoms with van der Waals surface area (Å²) >= 11 is 1.73. The summed E-state index contributed by atoms with van der Waals surface area (Å²) in [4.78, 5) is 5.02. The molecule has 0 saturated heterocycles. The molecule has 0 aliphatic rings. The van der Waals surface area contributed by atoms with Gasteiger partial charge >= 0.3 is 0 Å². The molecule has 154 valence electrons. The van der Waals surface area contributed by atoms with Gasteiger partial charge in [0.15, 0.2) is 5.13 Å². The van der Waals surface area contributed by atoms with Gasteiger partial charge in [-0.05, 0) is 53.2 Å². The van der Waals surface area contributed by atoms with Gasteiger partial charge in [-0.15, -0.1) is 0 Å². The van der Waals surface area contributed by atoms with Crippen LogP contribution in [0.2, 0.25) is 0 Å². The number of nitrogens with zero attached hydrogens (tertiary/aromatic N) is 2. The molecule has 3 nitrogen and oxygen atoms in total.